The van der Waals surface area contributed by atoms with Crippen molar-refractivity contribution in [1.29, 1.82) is 0 Å². The summed E-state index contributed by atoms with van der Waals surface area (Å²) < 4.78 is 2.96. The molecule has 0 heterocycles. The van der Waals surface area contributed by atoms with Crippen LogP contribution in [0.4, 0.5) is 0 Å². The normalized spacial score (nSPS) is 8.00. The number of benzene rings is 1. The molecule has 0 bridgehead atoms. The summed E-state index contributed by atoms with van der Waals surface area (Å²) in [6, 6.07) is 10.0. The van der Waals surface area contributed by atoms with Crippen LogP contribution >= 0.6 is 0 Å². The Bertz CT molecular complexity index is 195. The van der Waals surface area contributed by atoms with E-state index in [1.54, 1.807) is 0 Å². The van der Waals surface area contributed by atoms with Crippen LogP contribution in [0.15, 0.2) is 30.3 Å². The fraction of sp³-hybridized carbons (Fsp3) is 0. The van der Waals surface area contributed by atoms with E-state index in [1.807, 2.05) is 30.3 Å². The summed E-state index contributed by atoms with van der Waals surface area (Å²) in [4.78, 5) is 0. The van der Waals surface area contributed by atoms with E-state index >= 15 is 0 Å². The molecule has 1 aromatic carbocycles. The number of rotatable bonds is 0. The predicted molar refractivity (Wildman–Crippen MR) is 29.4 cm³/mol. The Balaban J connectivity index is 3.05. The van der Waals surface area contributed by atoms with Crippen LogP contribution < -0.4 is 0 Å². The summed E-state index contributed by atoms with van der Waals surface area (Å²) in [5, 5.41) is 0. The van der Waals surface area contributed by atoms with Gasteiger partial charge in [-0.1, -0.05) is 0 Å². The summed E-state index contributed by atoms with van der Waals surface area (Å²) in [6.45, 7) is 0. The Hall–Kier alpha value is -0.377. The van der Waals surface area contributed by atoms with Gasteiger partial charge >= 0.3 is 58.0 Å². The van der Waals surface area contributed by atoms with Crippen molar-refractivity contribution in [3.05, 3.63) is 35.9 Å². The van der Waals surface area contributed by atoms with E-state index in [1.165, 1.54) is 0 Å². The molecule has 0 spiro atoms. The Labute approximate surface area is 58.3 Å². The third kappa shape index (κ3) is 1.30. The molecule has 0 atom stereocenters. The summed E-state index contributed by atoms with van der Waals surface area (Å²) in [6.07, 6.45) is 0. The SMILES string of the molecule is [Ru]#[C]c1ccccc1. The second kappa shape index (κ2) is 2.82. The third-order valence-corrected chi connectivity index (χ3v) is 1.38. The average molecular weight is 190 g/mol. The molecule has 0 N–H and O–H groups in total. The van der Waals surface area contributed by atoms with Gasteiger partial charge in [-0.05, 0) is 0 Å². The van der Waals surface area contributed by atoms with E-state index in [9.17, 15) is 0 Å². The first kappa shape index (κ1) is 5.75. The molecule has 0 radical (unpaired) electrons. The molecule has 0 saturated heterocycles. The molecule has 0 aliphatic rings. The first-order valence-corrected chi connectivity index (χ1v) is 3.21. The van der Waals surface area contributed by atoms with Gasteiger partial charge in [0.2, 0.25) is 0 Å². The van der Waals surface area contributed by atoms with Gasteiger partial charge in [0.1, 0.15) is 0 Å². The molecule has 0 aliphatic carbocycles. The molecule has 0 fully saturated rings. The quantitative estimate of drug-likeness (QED) is 0.544. The molecule has 41 valence electrons. The molecule has 0 unspecified atom stereocenters. The third-order valence-electron chi connectivity index (χ3n) is 0.876. The van der Waals surface area contributed by atoms with Crippen molar-refractivity contribution in [1.82, 2.24) is 0 Å². The van der Waals surface area contributed by atoms with E-state index in [0.29, 0.717) is 0 Å². The molecule has 0 nitrogen and oxygen atoms in total. The van der Waals surface area contributed by atoms with Crippen LogP contribution in [0.5, 0.6) is 0 Å². The van der Waals surface area contributed by atoms with Gasteiger partial charge in [-0.3, -0.25) is 0 Å². The zero-order chi connectivity index (χ0) is 5.82. The van der Waals surface area contributed by atoms with Crippen molar-refractivity contribution in [2.45, 2.75) is 0 Å². The van der Waals surface area contributed by atoms with Gasteiger partial charge in [0.25, 0.3) is 0 Å². The molecule has 1 aromatic rings. The number of hydrogen-bond donors (Lipinski definition) is 0. The fourth-order valence-electron chi connectivity index (χ4n) is 0.497. The molecule has 0 aromatic heterocycles. The van der Waals surface area contributed by atoms with Crippen LogP contribution in [-0.2, 0) is 17.7 Å². The molecule has 0 aliphatic heterocycles. The molecule has 8 heavy (non-hydrogen) atoms. The molecule has 1 rings (SSSR count). The molecule has 0 saturated carbocycles. The van der Waals surface area contributed by atoms with Gasteiger partial charge in [-0.25, -0.2) is 0 Å². The van der Waals surface area contributed by atoms with E-state index < -0.39 is 0 Å². The minimum atomic E-state index is 1.13. The van der Waals surface area contributed by atoms with Crippen molar-refractivity contribution in [2.24, 2.45) is 0 Å². The predicted octanol–water partition coefficient (Wildman–Crippen LogP) is 1.54. The zero-order valence-corrected chi connectivity index (χ0v) is 5.98. The second-order valence-electron chi connectivity index (χ2n) is 1.45. The topological polar surface area (TPSA) is 0 Å². The summed E-state index contributed by atoms with van der Waals surface area (Å²) in [7, 11) is 0. The van der Waals surface area contributed by atoms with Gasteiger partial charge in [-0.15, -0.1) is 0 Å². The Morgan fingerprint density at radius 3 is 2.12 bits per heavy atom. The van der Waals surface area contributed by atoms with Crippen LogP contribution in [0.2, 0.25) is 0 Å². The van der Waals surface area contributed by atoms with Gasteiger partial charge in [0.15, 0.2) is 0 Å². The Morgan fingerprint density at radius 1 is 1.12 bits per heavy atom. The van der Waals surface area contributed by atoms with Crippen LogP contribution in [0, 0.1) is 4.41 Å². The first-order chi connectivity index (χ1) is 3.93. The second-order valence-corrected chi connectivity index (χ2v) is 1.89. The molecular weight excluding hydrogens is 185 g/mol. The average Bonchev–Trinajstić information content (AvgIpc) is 1.90. The molecular formula is C7H5Ru. The Morgan fingerprint density at radius 2 is 1.75 bits per heavy atom. The van der Waals surface area contributed by atoms with Crippen molar-refractivity contribution in [2.75, 3.05) is 0 Å². The Kier molecular flexibility index (Phi) is 2.03. The van der Waals surface area contributed by atoms with Crippen molar-refractivity contribution in [3.63, 3.8) is 0 Å². The summed E-state index contributed by atoms with van der Waals surface area (Å²) in [5.41, 5.74) is 1.13. The zero-order valence-electron chi connectivity index (χ0n) is 4.24. The molecule has 0 amide bonds. The van der Waals surface area contributed by atoms with Crippen LogP contribution in [0.25, 0.3) is 0 Å². The van der Waals surface area contributed by atoms with E-state index in [4.69, 9.17) is 0 Å². The summed E-state index contributed by atoms with van der Waals surface area (Å²) in [5.74, 6) is 0. The monoisotopic (exact) mass is 191 g/mol. The van der Waals surface area contributed by atoms with E-state index in [-0.39, 0.29) is 0 Å². The maximum absolute atomic E-state index is 2.96. The van der Waals surface area contributed by atoms with Gasteiger partial charge in [0.05, 0.1) is 0 Å². The number of hydrogen-bond acceptors (Lipinski definition) is 0. The van der Waals surface area contributed by atoms with Crippen LogP contribution in [0.3, 0.4) is 0 Å². The summed E-state index contributed by atoms with van der Waals surface area (Å²) >= 11 is 2.36. The fourth-order valence-corrected chi connectivity index (χ4v) is 0.787. The van der Waals surface area contributed by atoms with E-state index in [2.05, 4.69) is 22.1 Å². The van der Waals surface area contributed by atoms with Crippen LogP contribution in [0.1, 0.15) is 5.56 Å². The van der Waals surface area contributed by atoms with E-state index in [0.717, 1.165) is 5.56 Å². The van der Waals surface area contributed by atoms with Crippen molar-refractivity contribution in [3.8, 4) is 4.41 Å². The first-order valence-electron chi connectivity index (χ1n) is 2.34. The minimum absolute atomic E-state index is 1.13. The van der Waals surface area contributed by atoms with Crippen molar-refractivity contribution < 1.29 is 17.7 Å². The van der Waals surface area contributed by atoms with Gasteiger partial charge < -0.3 is 0 Å². The van der Waals surface area contributed by atoms with Crippen LogP contribution in [-0.4, -0.2) is 0 Å². The van der Waals surface area contributed by atoms with Gasteiger partial charge in [0, 0.05) is 0 Å². The molecule has 1 heteroatoms. The standard InChI is InChI=1S/C7H5.Ru/c1-7-5-3-2-4-6-7;/h2-6H;. The van der Waals surface area contributed by atoms with Crippen molar-refractivity contribution >= 4 is 0 Å². The van der Waals surface area contributed by atoms with Gasteiger partial charge in [-0.2, -0.15) is 0 Å². The maximum atomic E-state index is 2.96.